The summed E-state index contributed by atoms with van der Waals surface area (Å²) in [6.45, 7) is 6.82. The SMILES string of the molecule is CC(C)(C)C1CCC(C(=O)Nc2ccc(Cl)c(O)c2)CC1. The zero-order chi connectivity index (χ0) is 15.6. The molecule has 1 aromatic rings. The molecule has 0 aliphatic heterocycles. The van der Waals surface area contributed by atoms with Crippen LogP contribution in [0.2, 0.25) is 5.02 Å². The van der Waals surface area contributed by atoms with Crippen molar-refractivity contribution in [2.45, 2.75) is 46.5 Å². The molecule has 0 heterocycles. The van der Waals surface area contributed by atoms with Gasteiger partial charge in [-0.1, -0.05) is 32.4 Å². The Hall–Kier alpha value is -1.22. The maximum absolute atomic E-state index is 12.3. The summed E-state index contributed by atoms with van der Waals surface area (Å²) in [5.41, 5.74) is 0.920. The number of phenols is 1. The first-order chi connectivity index (χ1) is 9.77. The van der Waals surface area contributed by atoms with Gasteiger partial charge in [0, 0.05) is 17.7 Å². The van der Waals surface area contributed by atoms with E-state index in [1.807, 2.05) is 0 Å². The molecule has 0 spiro atoms. The molecule has 0 unspecified atom stereocenters. The summed E-state index contributed by atoms with van der Waals surface area (Å²) >= 11 is 5.76. The Morgan fingerprint density at radius 1 is 1.24 bits per heavy atom. The van der Waals surface area contributed by atoms with Crippen LogP contribution in [-0.4, -0.2) is 11.0 Å². The van der Waals surface area contributed by atoms with Crippen LogP contribution in [0.3, 0.4) is 0 Å². The van der Waals surface area contributed by atoms with E-state index >= 15 is 0 Å². The van der Waals surface area contributed by atoms with E-state index in [0.29, 0.717) is 22.0 Å². The quantitative estimate of drug-likeness (QED) is 0.821. The van der Waals surface area contributed by atoms with Crippen molar-refractivity contribution in [3.63, 3.8) is 0 Å². The van der Waals surface area contributed by atoms with E-state index in [9.17, 15) is 9.90 Å². The molecule has 0 saturated heterocycles. The highest BCUT2D eigenvalue weighted by atomic mass is 35.5. The first-order valence-corrected chi connectivity index (χ1v) is 7.94. The van der Waals surface area contributed by atoms with Gasteiger partial charge in [0.1, 0.15) is 5.75 Å². The number of aromatic hydroxyl groups is 1. The fraction of sp³-hybridized carbons (Fsp3) is 0.588. The van der Waals surface area contributed by atoms with Gasteiger partial charge in [0.2, 0.25) is 5.91 Å². The minimum absolute atomic E-state index is 0.00842. The first kappa shape index (κ1) is 16.2. The molecular formula is C17H24ClNO2. The molecule has 1 saturated carbocycles. The largest absolute Gasteiger partial charge is 0.506 e. The minimum Gasteiger partial charge on any atom is -0.506 e. The fourth-order valence-corrected chi connectivity index (χ4v) is 3.17. The lowest BCUT2D eigenvalue weighted by atomic mass is 9.69. The lowest BCUT2D eigenvalue weighted by Gasteiger charge is -2.36. The number of amides is 1. The van der Waals surface area contributed by atoms with Gasteiger partial charge >= 0.3 is 0 Å². The van der Waals surface area contributed by atoms with Crippen LogP contribution in [0.1, 0.15) is 46.5 Å². The third kappa shape index (κ3) is 4.13. The number of carbonyl (C=O) groups is 1. The molecule has 1 fully saturated rings. The van der Waals surface area contributed by atoms with E-state index < -0.39 is 0 Å². The van der Waals surface area contributed by atoms with Gasteiger partial charge < -0.3 is 10.4 Å². The number of hydrogen-bond donors (Lipinski definition) is 2. The van der Waals surface area contributed by atoms with E-state index in [0.717, 1.165) is 25.7 Å². The first-order valence-electron chi connectivity index (χ1n) is 7.57. The molecule has 1 aromatic carbocycles. The number of phenolic OH excluding ortho intramolecular Hbond substituents is 1. The Bertz CT molecular complexity index is 514. The Morgan fingerprint density at radius 3 is 2.38 bits per heavy atom. The van der Waals surface area contributed by atoms with E-state index in [4.69, 9.17) is 11.6 Å². The van der Waals surface area contributed by atoms with Crippen LogP contribution in [-0.2, 0) is 4.79 Å². The van der Waals surface area contributed by atoms with Gasteiger partial charge in [0.15, 0.2) is 0 Å². The van der Waals surface area contributed by atoms with Gasteiger partial charge in [0.25, 0.3) is 0 Å². The average Bonchev–Trinajstić information content (AvgIpc) is 2.42. The summed E-state index contributed by atoms with van der Waals surface area (Å²) in [6, 6.07) is 4.78. The highest BCUT2D eigenvalue weighted by Gasteiger charge is 2.32. The number of anilines is 1. The summed E-state index contributed by atoms with van der Waals surface area (Å²) in [4.78, 5) is 12.3. The summed E-state index contributed by atoms with van der Waals surface area (Å²) in [6.07, 6.45) is 4.08. The molecule has 0 aromatic heterocycles. The van der Waals surface area contributed by atoms with Crippen LogP contribution in [0.4, 0.5) is 5.69 Å². The number of halogens is 1. The van der Waals surface area contributed by atoms with Gasteiger partial charge in [-0.25, -0.2) is 0 Å². The zero-order valence-corrected chi connectivity index (χ0v) is 13.7. The van der Waals surface area contributed by atoms with Crippen molar-refractivity contribution in [3.8, 4) is 5.75 Å². The molecule has 21 heavy (non-hydrogen) atoms. The molecule has 2 N–H and O–H groups in total. The topological polar surface area (TPSA) is 49.3 Å². The Balaban J connectivity index is 1.92. The van der Waals surface area contributed by atoms with Crippen LogP contribution in [0.15, 0.2) is 18.2 Å². The van der Waals surface area contributed by atoms with Crippen molar-refractivity contribution in [1.82, 2.24) is 0 Å². The number of nitrogens with one attached hydrogen (secondary N) is 1. The third-order valence-corrected chi connectivity index (χ3v) is 4.86. The zero-order valence-electron chi connectivity index (χ0n) is 12.9. The molecule has 0 bridgehead atoms. The van der Waals surface area contributed by atoms with Crippen molar-refractivity contribution in [2.24, 2.45) is 17.3 Å². The molecule has 1 amide bonds. The normalized spacial score (nSPS) is 22.9. The van der Waals surface area contributed by atoms with E-state index in [1.54, 1.807) is 12.1 Å². The number of hydrogen-bond acceptors (Lipinski definition) is 2. The molecule has 0 radical (unpaired) electrons. The highest BCUT2D eigenvalue weighted by molar-refractivity contribution is 6.32. The summed E-state index contributed by atoms with van der Waals surface area (Å²) in [5, 5.41) is 12.7. The Kier molecular flexibility index (Phi) is 4.82. The van der Waals surface area contributed by atoms with Crippen LogP contribution < -0.4 is 5.32 Å². The van der Waals surface area contributed by atoms with Crippen molar-refractivity contribution in [1.29, 1.82) is 0 Å². The smallest absolute Gasteiger partial charge is 0.227 e. The number of rotatable bonds is 2. The second-order valence-corrected chi connectivity index (χ2v) is 7.48. The van der Waals surface area contributed by atoms with Gasteiger partial charge in [-0.15, -0.1) is 0 Å². The van der Waals surface area contributed by atoms with E-state index in [-0.39, 0.29) is 17.6 Å². The van der Waals surface area contributed by atoms with Crippen molar-refractivity contribution in [3.05, 3.63) is 23.2 Å². The van der Waals surface area contributed by atoms with E-state index in [2.05, 4.69) is 26.1 Å². The summed E-state index contributed by atoms with van der Waals surface area (Å²) < 4.78 is 0. The predicted octanol–water partition coefficient (Wildman–Crippen LogP) is 4.84. The van der Waals surface area contributed by atoms with E-state index in [1.165, 1.54) is 6.07 Å². The molecular weight excluding hydrogens is 286 g/mol. The van der Waals surface area contributed by atoms with Gasteiger partial charge in [-0.2, -0.15) is 0 Å². The second-order valence-electron chi connectivity index (χ2n) is 7.07. The standard InChI is InChI=1S/C17H24ClNO2/c1-17(2,3)12-6-4-11(5-7-12)16(21)19-13-8-9-14(18)15(20)10-13/h8-12,20H,4-7H2,1-3H3,(H,19,21). The van der Waals surface area contributed by atoms with Gasteiger partial charge in [-0.3, -0.25) is 4.79 Å². The van der Waals surface area contributed by atoms with Crippen LogP contribution in [0, 0.1) is 17.3 Å². The maximum atomic E-state index is 12.3. The van der Waals surface area contributed by atoms with Crippen LogP contribution in [0.25, 0.3) is 0 Å². The highest BCUT2D eigenvalue weighted by Crippen LogP contribution is 2.40. The Morgan fingerprint density at radius 2 is 1.86 bits per heavy atom. The van der Waals surface area contributed by atoms with Crippen LogP contribution in [0.5, 0.6) is 5.75 Å². The molecule has 2 rings (SSSR count). The molecule has 1 aliphatic rings. The van der Waals surface area contributed by atoms with Crippen molar-refractivity contribution < 1.29 is 9.90 Å². The lowest BCUT2D eigenvalue weighted by Crippen LogP contribution is -2.31. The molecule has 4 heteroatoms. The maximum Gasteiger partial charge on any atom is 0.227 e. The molecule has 0 atom stereocenters. The van der Waals surface area contributed by atoms with Crippen molar-refractivity contribution >= 4 is 23.2 Å². The molecule has 116 valence electrons. The lowest BCUT2D eigenvalue weighted by molar-refractivity contribution is -0.121. The minimum atomic E-state index is -0.00842. The fourth-order valence-electron chi connectivity index (χ4n) is 3.06. The second kappa shape index (κ2) is 6.27. The Labute approximate surface area is 131 Å². The summed E-state index contributed by atoms with van der Waals surface area (Å²) in [7, 11) is 0. The predicted molar refractivity (Wildman–Crippen MR) is 86.6 cm³/mol. The van der Waals surface area contributed by atoms with Crippen LogP contribution >= 0.6 is 11.6 Å². The van der Waals surface area contributed by atoms with Crippen molar-refractivity contribution in [2.75, 3.05) is 5.32 Å². The monoisotopic (exact) mass is 309 g/mol. The van der Waals surface area contributed by atoms with Gasteiger partial charge in [0.05, 0.1) is 5.02 Å². The molecule has 3 nitrogen and oxygen atoms in total. The average molecular weight is 310 g/mol. The van der Waals surface area contributed by atoms with Gasteiger partial charge in [-0.05, 0) is 49.1 Å². The summed E-state index contributed by atoms with van der Waals surface area (Å²) in [5.74, 6) is 0.803. The number of carbonyl (C=O) groups excluding carboxylic acids is 1. The number of benzene rings is 1. The molecule has 1 aliphatic carbocycles. The third-order valence-electron chi connectivity index (χ3n) is 4.54.